The van der Waals surface area contributed by atoms with Crippen molar-refractivity contribution in [3.05, 3.63) is 47.0 Å². The van der Waals surface area contributed by atoms with Gasteiger partial charge < -0.3 is 11.1 Å². The third-order valence-corrected chi connectivity index (χ3v) is 3.13. The monoisotopic (exact) mass is 274 g/mol. The lowest BCUT2D eigenvalue weighted by molar-refractivity contribution is -0.140. The third-order valence-electron chi connectivity index (χ3n) is 3.13. The van der Waals surface area contributed by atoms with Gasteiger partial charge in [-0.2, -0.15) is 13.2 Å². The predicted octanol–water partition coefficient (Wildman–Crippen LogP) is 2.80. The van der Waals surface area contributed by atoms with Crippen LogP contribution in [0, 0.1) is 11.7 Å². The SMILES string of the molecule is NC1=C[C@H](CCc2ccc(C(F)(F)F)c(F)c2)CN1. The minimum atomic E-state index is -4.64. The Bertz CT molecular complexity index is 494. The first-order valence-corrected chi connectivity index (χ1v) is 5.93. The van der Waals surface area contributed by atoms with E-state index >= 15 is 0 Å². The largest absolute Gasteiger partial charge is 0.419 e. The van der Waals surface area contributed by atoms with E-state index < -0.39 is 17.6 Å². The van der Waals surface area contributed by atoms with Crippen LogP contribution < -0.4 is 11.1 Å². The van der Waals surface area contributed by atoms with Crippen molar-refractivity contribution in [1.29, 1.82) is 0 Å². The second-order valence-corrected chi connectivity index (χ2v) is 4.61. The molecular weight excluding hydrogens is 260 g/mol. The summed E-state index contributed by atoms with van der Waals surface area (Å²) >= 11 is 0. The molecule has 1 aliphatic heterocycles. The molecule has 2 rings (SSSR count). The third kappa shape index (κ3) is 3.39. The highest BCUT2D eigenvalue weighted by Gasteiger charge is 2.33. The molecule has 1 heterocycles. The first-order chi connectivity index (χ1) is 8.86. The maximum absolute atomic E-state index is 13.3. The molecule has 0 aliphatic carbocycles. The molecule has 3 N–H and O–H groups in total. The van der Waals surface area contributed by atoms with Gasteiger partial charge >= 0.3 is 6.18 Å². The van der Waals surface area contributed by atoms with Gasteiger partial charge in [-0.1, -0.05) is 6.07 Å². The van der Waals surface area contributed by atoms with Gasteiger partial charge in [0.2, 0.25) is 0 Å². The number of hydrogen-bond donors (Lipinski definition) is 2. The Kier molecular flexibility index (Phi) is 3.68. The van der Waals surface area contributed by atoms with Crippen molar-refractivity contribution < 1.29 is 17.6 Å². The second kappa shape index (κ2) is 5.11. The van der Waals surface area contributed by atoms with Crippen LogP contribution in [0.1, 0.15) is 17.5 Å². The summed E-state index contributed by atoms with van der Waals surface area (Å²) in [6.07, 6.45) is -1.53. The van der Waals surface area contributed by atoms with Crippen LogP contribution in [0.3, 0.4) is 0 Å². The molecule has 0 fully saturated rings. The van der Waals surface area contributed by atoms with Crippen LogP contribution in [0.25, 0.3) is 0 Å². The summed E-state index contributed by atoms with van der Waals surface area (Å²) < 4.78 is 50.5. The van der Waals surface area contributed by atoms with Gasteiger partial charge in [0.25, 0.3) is 0 Å². The van der Waals surface area contributed by atoms with Gasteiger partial charge in [-0.05, 0) is 42.5 Å². The molecule has 0 saturated heterocycles. The fourth-order valence-corrected chi connectivity index (χ4v) is 2.10. The van der Waals surface area contributed by atoms with Crippen molar-refractivity contribution in [3.63, 3.8) is 0 Å². The van der Waals surface area contributed by atoms with E-state index in [1.165, 1.54) is 6.07 Å². The molecule has 0 unspecified atom stereocenters. The molecule has 0 radical (unpaired) electrons. The molecule has 1 atom stereocenters. The summed E-state index contributed by atoms with van der Waals surface area (Å²) in [5.74, 6) is -0.362. The molecule has 0 amide bonds. The Morgan fingerprint density at radius 1 is 1.32 bits per heavy atom. The van der Waals surface area contributed by atoms with E-state index in [-0.39, 0.29) is 5.92 Å². The molecule has 1 aromatic rings. The average Bonchev–Trinajstić information content (AvgIpc) is 2.71. The van der Waals surface area contributed by atoms with Crippen molar-refractivity contribution in [1.82, 2.24) is 5.32 Å². The predicted molar refractivity (Wildman–Crippen MR) is 63.5 cm³/mol. The molecule has 19 heavy (non-hydrogen) atoms. The lowest BCUT2D eigenvalue weighted by atomic mass is 9.99. The maximum atomic E-state index is 13.3. The molecule has 0 spiro atoms. The Morgan fingerprint density at radius 3 is 2.58 bits per heavy atom. The summed E-state index contributed by atoms with van der Waals surface area (Å²) in [6.45, 7) is 0.717. The number of nitrogens with two attached hydrogens (primary N) is 1. The highest BCUT2D eigenvalue weighted by atomic mass is 19.4. The van der Waals surface area contributed by atoms with Crippen molar-refractivity contribution in [2.75, 3.05) is 6.54 Å². The quantitative estimate of drug-likeness (QED) is 0.832. The normalized spacial score (nSPS) is 19.2. The molecule has 104 valence electrons. The molecule has 1 aliphatic rings. The zero-order valence-corrected chi connectivity index (χ0v) is 10.1. The Balaban J connectivity index is 2.01. The van der Waals surface area contributed by atoms with Gasteiger partial charge in [-0.25, -0.2) is 4.39 Å². The molecular formula is C13H14F4N2. The molecule has 0 bridgehead atoms. The van der Waals surface area contributed by atoms with E-state index in [9.17, 15) is 17.6 Å². The Morgan fingerprint density at radius 2 is 2.05 bits per heavy atom. The van der Waals surface area contributed by atoms with E-state index in [1.807, 2.05) is 6.08 Å². The van der Waals surface area contributed by atoms with E-state index in [0.29, 0.717) is 17.8 Å². The van der Waals surface area contributed by atoms with E-state index in [4.69, 9.17) is 5.73 Å². The minimum Gasteiger partial charge on any atom is -0.386 e. The lowest BCUT2D eigenvalue weighted by Crippen LogP contribution is -2.16. The smallest absolute Gasteiger partial charge is 0.386 e. The summed E-state index contributed by atoms with van der Waals surface area (Å²) in [6, 6.07) is 3.07. The fraction of sp³-hybridized carbons (Fsp3) is 0.385. The number of benzene rings is 1. The number of hydrogen-bond acceptors (Lipinski definition) is 2. The van der Waals surface area contributed by atoms with Gasteiger partial charge in [0.15, 0.2) is 0 Å². The van der Waals surface area contributed by atoms with Crippen LogP contribution in [0.15, 0.2) is 30.1 Å². The summed E-state index contributed by atoms with van der Waals surface area (Å²) in [7, 11) is 0. The topological polar surface area (TPSA) is 38.0 Å². The van der Waals surface area contributed by atoms with Crippen LogP contribution in [0.5, 0.6) is 0 Å². The minimum absolute atomic E-state index is 0.241. The molecule has 6 heteroatoms. The summed E-state index contributed by atoms with van der Waals surface area (Å²) in [5, 5.41) is 2.96. The number of rotatable bonds is 3. The highest BCUT2D eigenvalue weighted by molar-refractivity contribution is 5.26. The van der Waals surface area contributed by atoms with Crippen LogP contribution in [-0.2, 0) is 12.6 Å². The maximum Gasteiger partial charge on any atom is 0.419 e. The standard InChI is InChI=1S/C13H14F4N2/c14-11-5-8(3-4-10(11)13(15,16)17)1-2-9-6-12(18)19-7-9/h3-6,9,19H,1-2,7,18H2/t9-/m0/s1. The second-order valence-electron chi connectivity index (χ2n) is 4.61. The van der Waals surface area contributed by atoms with Crippen molar-refractivity contribution in [2.45, 2.75) is 19.0 Å². The zero-order valence-electron chi connectivity index (χ0n) is 10.1. The Labute approximate surface area is 108 Å². The van der Waals surface area contributed by atoms with Crippen LogP contribution in [-0.4, -0.2) is 6.54 Å². The highest BCUT2D eigenvalue weighted by Crippen LogP contribution is 2.31. The Hall–Kier alpha value is -1.72. The molecule has 1 aromatic carbocycles. The molecule has 2 nitrogen and oxygen atoms in total. The molecule has 0 aromatic heterocycles. The van der Waals surface area contributed by atoms with E-state index in [2.05, 4.69) is 5.32 Å². The number of nitrogens with one attached hydrogen (secondary N) is 1. The first kappa shape index (κ1) is 13.7. The number of aryl methyl sites for hydroxylation is 1. The van der Waals surface area contributed by atoms with Crippen molar-refractivity contribution >= 4 is 0 Å². The van der Waals surface area contributed by atoms with Gasteiger partial charge in [-0.15, -0.1) is 0 Å². The summed E-state index contributed by atoms with van der Waals surface area (Å²) in [5.41, 5.74) is 4.89. The summed E-state index contributed by atoms with van der Waals surface area (Å²) in [4.78, 5) is 0. The van der Waals surface area contributed by atoms with Gasteiger partial charge in [0.1, 0.15) is 5.82 Å². The van der Waals surface area contributed by atoms with E-state index in [1.54, 1.807) is 0 Å². The number of halogens is 4. The zero-order chi connectivity index (χ0) is 14.0. The van der Waals surface area contributed by atoms with Crippen LogP contribution in [0.4, 0.5) is 17.6 Å². The first-order valence-electron chi connectivity index (χ1n) is 5.93. The van der Waals surface area contributed by atoms with E-state index in [0.717, 1.165) is 25.1 Å². The van der Waals surface area contributed by atoms with Crippen LogP contribution in [0.2, 0.25) is 0 Å². The van der Waals surface area contributed by atoms with Crippen molar-refractivity contribution in [3.8, 4) is 0 Å². The fourth-order valence-electron chi connectivity index (χ4n) is 2.10. The van der Waals surface area contributed by atoms with Crippen LogP contribution >= 0.6 is 0 Å². The lowest BCUT2D eigenvalue weighted by Gasteiger charge is -2.10. The van der Waals surface area contributed by atoms with Gasteiger partial charge in [-0.3, -0.25) is 0 Å². The average molecular weight is 274 g/mol. The van der Waals surface area contributed by atoms with Gasteiger partial charge in [0, 0.05) is 6.54 Å². The molecule has 0 saturated carbocycles. The van der Waals surface area contributed by atoms with Gasteiger partial charge in [0.05, 0.1) is 11.4 Å². The van der Waals surface area contributed by atoms with Crippen molar-refractivity contribution in [2.24, 2.45) is 11.7 Å². The number of alkyl halides is 3.